The fourth-order valence-electron chi connectivity index (χ4n) is 0.353. The van der Waals surface area contributed by atoms with E-state index in [2.05, 4.69) is 0 Å². The Kier molecular flexibility index (Phi) is 3.72. The molecule has 56 valence electrons. The van der Waals surface area contributed by atoms with Crippen molar-refractivity contribution >= 4 is 0 Å². The summed E-state index contributed by atoms with van der Waals surface area (Å²) in [6.07, 6.45) is -0.180. The lowest BCUT2D eigenvalue weighted by atomic mass is 10.4. The van der Waals surface area contributed by atoms with Gasteiger partial charge in [0.2, 0.25) is 0 Å². The third kappa shape index (κ3) is 7.84. The Morgan fingerprint density at radius 1 is 1.33 bits per heavy atom. The molecule has 0 aliphatic carbocycles. The first-order valence-corrected chi connectivity index (χ1v) is 2.81. The Hall–Kier alpha value is -0.160. The van der Waals surface area contributed by atoms with E-state index in [1.165, 1.54) is 0 Å². The van der Waals surface area contributed by atoms with Crippen molar-refractivity contribution in [1.82, 2.24) is 0 Å². The standard InChI is InChI=1S/C5H12O4/c1-2-9-4-3-5(6,7)8/h6-8H,2-4H2,1H3. The highest BCUT2D eigenvalue weighted by Gasteiger charge is 2.16. The second-order valence-electron chi connectivity index (χ2n) is 1.72. The summed E-state index contributed by atoms with van der Waals surface area (Å²) in [7, 11) is 0. The maximum absolute atomic E-state index is 8.28. The highest BCUT2D eigenvalue weighted by atomic mass is 16.7. The molecule has 4 nitrogen and oxygen atoms in total. The minimum atomic E-state index is -2.57. The van der Waals surface area contributed by atoms with Crippen LogP contribution in [0.15, 0.2) is 0 Å². The summed E-state index contributed by atoms with van der Waals surface area (Å²) in [5.74, 6) is -2.57. The highest BCUT2D eigenvalue weighted by Crippen LogP contribution is 1.98. The summed E-state index contributed by atoms with van der Waals surface area (Å²) in [5, 5.41) is 24.8. The molecule has 0 heterocycles. The first kappa shape index (κ1) is 8.84. The molecule has 0 rings (SSSR count). The molecule has 0 unspecified atom stereocenters. The lowest BCUT2D eigenvalue weighted by Crippen LogP contribution is -2.28. The third-order valence-corrected chi connectivity index (χ3v) is 0.786. The predicted molar refractivity (Wildman–Crippen MR) is 30.5 cm³/mol. The molecule has 0 bridgehead atoms. The number of aliphatic hydroxyl groups is 3. The van der Waals surface area contributed by atoms with Crippen LogP contribution in [0.25, 0.3) is 0 Å². The smallest absolute Gasteiger partial charge is 0.277 e. The molecule has 0 fully saturated rings. The number of rotatable bonds is 4. The van der Waals surface area contributed by atoms with Crippen molar-refractivity contribution in [2.45, 2.75) is 19.3 Å². The van der Waals surface area contributed by atoms with Crippen molar-refractivity contribution in [2.24, 2.45) is 0 Å². The van der Waals surface area contributed by atoms with E-state index in [9.17, 15) is 0 Å². The molecule has 0 spiro atoms. The number of ether oxygens (including phenoxy) is 1. The Labute approximate surface area is 53.7 Å². The summed E-state index contributed by atoms with van der Waals surface area (Å²) >= 11 is 0. The lowest BCUT2D eigenvalue weighted by molar-refractivity contribution is -0.317. The second-order valence-corrected chi connectivity index (χ2v) is 1.72. The molecule has 0 amide bonds. The third-order valence-electron chi connectivity index (χ3n) is 0.786. The zero-order chi connectivity index (χ0) is 7.33. The average molecular weight is 136 g/mol. The quantitative estimate of drug-likeness (QED) is 0.344. The van der Waals surface area contributed by atoms with Gasteiger partial charge >= 0.3 is 0 Å². The topological polar surface area (TPSA) is 69.9 Å². The SMILES string of the molecule is CCOCCC(O)(O)O. The fourth-order valence-corrected chi connectivity index (χ4v) is 0.353. The van der Waals surface area contributed by atoms with E-state index in [1.54, 1.807) is 6.92 Å². The normalized spacial score (nSPS) is 12.0. The van der Waals surface area contributed by atoms with Crippen LogP contribution in [0.4, 0.5) is 0 Å². The van der Waals surface area contributed by atoms with Crippen LogP contribution in [0, 0.1) is 0 Å². The molecule has 3 N–H and O–H groups in total. The summed E-state index contributed by atoms with van der Waals surface area (Å²) in [5.41, 5.74) is 0. The van der Waals surface area contributed by atoms with E-state index < -0.39 is 5.97 Å². The molecule has 0 aliphatic heterocycles. The van der Waals surface area contributed by atoms with Crippen LogP contribution >= 0.6 is 0 Å². The largest absolute Gasteiger partial charge is 0.381 e. The van der Waals surface area contributed by atoms with Gasteiger partial charge in [0.05, 0.1) is 13.0 Å². The fraction of sp³-hybridized carbons (Fsp3) is 1.00. The van der Waals surface area contributed by atoms with Crippen molar-refractivity contribution in [3.63, 3.8) is 0 Å². The lowest BCUT2D eigenvalue weighted by Gasteiger charge is -2.12. The van der Waals surface area contributed by atoms with Gasteiger partial charge in [-0.2, -0.15) is 0 Å². The van der Waals surface area contributed by atoms with Gasteiger partial charge < -0.3 is 20.1 Å². The zero-order valence-corrected chi connectivity index (χ0v) is 5.37. The summed E-state index contributed by atoms with van der Waals surface area (Å²) in [6, 6.07) is 0. The molecule has 0 aliphatic rings. The minimum Gasteiger partial charge on any atom is -0.381 e. The number of hydrogen-bond donors (Lipinski definition) is 3. The van der Waals surface area contributed by atoms with Gasteiger partial charge in [-0.05, 0) is 6.92 Å². The Morgan fingerprint density at radius 3 is 2.22 bits per heavy atom. The molecule has 0 radical (unpaired) electrons. The van der Waals surface area contributed by atoms with Crippen molar-refractivity contribution < 1.29 is 20.1 Å². The molecular formula is C5H12O4. The van der Waals surface area contributed by atoms with Crippen molar-refractivity contribution in [2.75, 3.05) is 13.2 Å². The molecule has 0 aromatic rings. The average Bonchev–Trinajstić information content (AvgIpc) is 1.63. The van der Waals surface area contributed by atoms with Gasteiger partial charge in [-0.1, -0.05) is 0 Å². The van der Waals surface area contributed by atoms with Gasteiger partial charge in [-0.3, -0.25) is 0 Å². The van der Waals surface area contributed by atoms with Gasteiger partial charge in [0.25, 0.3) is 5.97 Å². The van der Waals surface area contributed by atoms with Crippen molar-refractivity contribution in [3.8, 4) is 0 Å². The van der Waals surface area contributed by atoms with Crippen LogP contribution in [0.5, 0.6) is 0 Å². The molecule has 0 aromatic carbocycles. The Balaban J connectivity index is 3.07. The van der Waals surface area contributed by atoms with Gasteiger partial charge in [-0.15, -0.1) is 0 Å². The predicted octanol–water partition coefficient (Wildman–Crippen LogP) is -0.956. The van der Waals surface area contributed by atoms with Crippen LogP contribution < -0.4 is 0 Å². The van der Waals surface area contributed by atoms with E-state index in [0.29, 0.717) is 6.61 Å². The van der Waals surface area contributed by atoms with Crippen molar-refractivity contribution in [1.29, 1.82) is 0 Å². The molecule has 9 heavy (non-hydrogen) atoms. The summed E-state index contributed by atoms with van der Waals surface area (Å²) < 4.78 is 4.73. The van der Waals surface area contributed by atoms with E-state index in [4.69, 9.17) is 20.1 Å². The van der Waals surface area contributed by atoms with Gasteiger partial charge in [0.15, 0.2) is 0 Å². The van der Waals surface area contributed by atoms with Crippen LogP contribution in [0.1, 0.15) is 13.3 Å². The first-order chi connectivity index (χ1) is 4.06. The Morgan fingerprint density at radius 2 is 1.89 bits per heavy atom. The van der Waals surface area contributed by atoms with E-state index >= 15 is 0 Å². The first-order valence-electron chi connectivity index (χ1n) is 2.81. The highest BCUT2D eigenvalue weighted by molar-refractivity contribution is 4.44. The molecule has 0 atom stereocenters. The Bertz CT molecular complexity index is 65.8. The van der Waals surface area contributed by atoms with Crippen LogP contribution in [0.3, 0.4) is 0 Å². The maximum atomic E-state index is 8.28. The van der Waals surface area contributed by atoms with Crippen LogP contribution in [-0.2, 0) is 4.74 Å². The molecule has 0 aromatic heterocycles. The minimum absolute atomic E-state index is 0.153. The zero-order valence-electron chi connectivity index (χ0n) is 5.37. The van der Waals surface area contributed by atoms with E-state index in [1.807, 2.05) is 0 Å². The summed E-state index contributed by atoms with van der Waals surface area (Å²) in [4.78, 5) is 0. The second kappa shape index (κ2) is 3.79. The van der Waals surface area contributed by atoms with E-state index in [-0.39, 0.29) is 13.0 Å². The molecule has 0 saturated carbocycles. The monoisotopic (exact) mass is 136 g/mol. The molecule has 0 saturated heterocycles. The maximum Gasteiger partial charge on any atom is 0.277 e. The van der Waals surface area contributed by atoms with Crippen molar-refractivity contribution in [3.05, 3.63) is 0 Å². The van der Waals surface area contributed by atoms with E-state index in [0.717, 1.165) is 0 Å². The van der Waals surface area contributed by atoms with Crippen LogP contribution in [-0.4, -0.2) is 34.5 Å². The van der Waals surface area contributed by atoms with Crippen LogP contribution in [0.2, 0.25) is 0 Å². The number of hydrogen-bond acceptors (Lipinski definition) is 4. The van der Waals surface area contributed by atoms with Gasteiger partial charge in [0.1, 0.15) is 0 Å². The van der Waals surface area contributed by atoms with Gasteiger partial charge in [-0.25, -0.2) is 0 Å². The van der Waals surface area contributed by atoms with Gasteiger partial charge in [0, 0.05) is 6.61 Å². The molecule has 4 heteroatoms. The summed E-state index contributed by atoms with van der Waals surface area (Å²) in [6.45, 7) is 2.45. The molecular weight excluding hydrogens is 124 g/mol.